The summed E-state index contributed by atoms with van der Waals surface area (Å²) >= 11 is 1.44. The molecule has 2 aromatic rings. The Bertz CT molecular complexity index is 922. The Kier molecular flexibility index (Phi) is 6.87. The second-order valence-corrected chi connectivity index (χ2v) is 7.91. The van der Waals surface area contributed by atoms with E-state index in [-0.39, 0.29) is 18.4 Å². The van der Waals surface area contributed by atoms with Crippen LogP contribution in [-0.2, 0) is 27.2 Å². The molecule has 0 aliphatic heterocycles. The lowest BCUT2D eigenvalue weighted by Crippen LogP contribution is -2.21. The van der Waals surface area contributed by atoms with Gasteiger partial charge in [0.25, 0.3) is 5.91 Å². The molecule has 1 aromatic heterocycles. The molecule has 0 saturated heterocycles. The fraction of sp³-hybridized carbons (Fsp3) is 0.381. The average molecular weight is 416 g/mol. The van der Waals surface area contributed by atoms with E-state index in [0.717, 1.165) is 42.5 Å². The lowest BCUT2D eigenvalue weighted by atomic mass is 10.1. The van der Waals surface area contributed by atoms with Crippen LogP contribution in [0.3, 0.4) is 0 Å². The Morgan fingerprint density at radius 1 is 1.10 bits per heavy atom. The van der Waals surface area contributed by atoms with E-state index < -0.39 is 5.97 Å². The number of ether oxygens (including phenoxy) is 2. The highest BCUT2D eigenvalue weighted by Gasteiger charge is 2.26. The summed E-state index contributed by atoms with van der Waals surface area (Å²) in [5.74, 6) is -0.519. The molecule has 0 bridgehead atoms. The number of aryl methyl sites for hydroxylation is 1. The molecule has 2 N–H and O–H groups in total. The number of anilines is 2. The summed E-state index contributed by atoms with van der Waals surface area (Å²) in [7, 11) is 1.35. The van der Waals surface area contributed by atoms with Gasteiger partial charge >= 0.3 is 5.97 Å². The van der Waals surface area contributed by atoms with Crippen LogP contribution in [0.1, 0.15) is 47.0 Å². The Labute approximate surface area is 173 Å². The number of benzene rings is 1. The third kappa shape index (κ3) is 5.35. The average Bonchev–Trinajstić information content (AvgIpc) is 2.86. The number of rotatable bonds is 6. The van der Waals surface area contributed by atoms with Gasteiger partial charge in [0, 0.05) is 23.6 Å². The zero-order chi connectivity index (χ0) is 20.8. The zero-order valence-electron chi connectivity index (χ0n) is 16.5. The molecule has 0 unspecified atom stereocenters. The molecular formula is C21H24N2O5S. The minimum Gasteiger partial charge on any atom is -0.484 e. The summed E-state index contributed by atoms with van der Waals surface area (Å²) in [6.45, 7) is 1.20. The molecule has 0 radical (unpaired) electrons. The van der Waals surface area contributed by atoms with Crippen LogP contribution in [0.25, 0.3) is 0 Å². The number of amides is 2. The highest BCUT2D eigenvalue weighted by atomic mass is 32.1. The third-order valence-electron chi connectivity index (χ3n) is 4.59. The van der Waals surface area contributed by atoms with E-state index in [1.165, 1.54) is 25.4 Å². The van der Waals surface area contributed by atoms with Crippen molar-refractivity contribution >= 4 is 39.8 Å². The Hall–Kier alpha value is -2.87. The number of hydrogen-bond acceptors (Lipinski definition) is 6. The van der Waals surface area contributed by atoms with Crippen molar-refractivity contribution in [2.24, 2.45) is 0 Å². The molecule has 1 aliphatic rings. The molecule has 1 heterocycles. The summed E-state index contributed by atoms with van der Waals surface area (Å²) in [5, 5.41) is 5.99. The van der Waals surface area contributed by atoms with Crippen molar-refractivity contribution < 1.29 is 23.9 Å². The lowest BCUT2D eigenvalue weighted by molar-refractivity contribution is -0.118. The Morgan fingerprint density at radius 2 is 1.90 bits per heavy atom. The fourth-order valence-electron chi connectivity index (χ4n) is 3.33. The molecule has 0 atom stereocenters. The van der Waals surface area contributed by atoms with Gasteiger partial charge < -0.3 is 20.1 Å². The van der Waals surface area contributed by atoms with E-state index >= 15 is 0 Å². The van der Waals surface area contributed by atoms with Crippen molar-refractivity contribution in [3.05, 3.63) is 40.3 Å². The second kappa shape index (κ2) is 9.56. The zero-order valence-corrected chi connectivity index (χ0v) is 17.3. The molecule has 0 fully saturated rings. The van der Waals surface area contributed by atoms with Crippen LogP contribution < -0.4 is 15.4 Å². The predicted molar refractivity (Wildman–Crippen MR) is 112 cm³/mol. The first-order valence-corrected chi connectivity index (χ1v) is 10.3. The van der Waals surface area contributed by atoms with E-state index in [2.05, 4.69) is 10.6 Å². The fourth-order valence-corrected chi connectivity index (χ4v) is 4.62. The molecule has 2 amide bonds. The molecule has 154 valence electrons. The van der Waals surface area contributed by atoms with Gasteiger partial charge in [-0.2, -0.15) is 0 Å². The van der Waals surface area contributed by atoms with E-state index in [4.69, 9.17) is 9.47 Å². The third-order valence-corrected chi connectivity index (χ3v) is 5.80. The van der Waals surface area contributed by atoms with Gasteiger partial charge in [0.2, 0.25) is 5.91 Å². The molecule has 1 aromatic carbocycles. The van der Waals surface area contributed by atoms with Crippen molar-refractivity contribution in [3.8, 4) is 5.75 Å². The largest absolute Gasteiger partial charge is 0.484 e. The molecule has 3 rings (SSSR count). The van der Waals surface area contributed by atoms with Crippen LogP contribution in [0.15, 0.2) is 24.3 Å². The minimum atomic E-state index is -0.427. The Morgan fingerprint density at radius 3 is 2.66 bits per heavy atom. The first kappa shape index (κ1) is 20.9. The van der Waals surface area contributed by atoms with Crippen molar-refractivity contribution in [2.75, 3.05) is 24.4 Å². The second-order valence-electron chi connectivity index (χ2n) is 6.81. The monoisotopic (exact) mass is 416 g/mol. The van der Waals surface area contributed by atoms with E-state index in [1.807, 2.05) is 0 Å². The molecular weight excluding hydrogens is 392 g/mol. The molecule has 1 aliphatic carbocycles. The summed E-state index contributed by atoms with van der Waals surface area (Å²) in [6.07, 6.45) is 4.96. The van der Waals surface area contributed by atoms with Gasteiger partial charge in [-0.1, -0.05) is 12.5 Å². The van der Waals surface area contributed by atoms with Crippen LogP contribution in [0.4, 0.5) is 10.7 Å². The summed E-state index contributed by atoms with van der Waals surface area (Å²) in [4.78, 5) is 37.1. The quantitative estimate of drug-likeness (QED) is 0.552. The first-order chi connectivity index (χ1) is 14.0. The SMILES string of the molecule is COC(=O)c1c(NC(=O)COc2cccc(NC(C)=O)c2)sc2c1CCCCC2. The maximum atomic E-state index is 12.4. The number of thiophene rings is 1. The van der Waals surface area contributed by atoms with Crippen molar-refractivity contribution in [2.45, 2.75) is 39.0 Å². The molecule has 0 spiro atoms. The highest BCUT2D eigenvalue weighted by Crippen LogP contribution is 2.37. The van der Waals surface area contributed by atoms with Gasteiger partial charge in [0.1, 0.15) is 10.8 Å². The van der Waals surface area contributed by atoms with Gasteiger partial charge in [0.15, 0.2) is 6.61 Å². The summed E-state index contributed by atoms with van der Waals surface area (Å²) < 4.78 is 10.5. The van der Waals surface area contributed by atoms with Gasteiger partial charge in [0.05, 0.1) is 12.7 Å². The number of methoxy groups -OCH3 is 1. The number of esters is 1. The van der Waals surface area contributed by atoms with Crippen molar-refractivity contribution in [3.63, 3.8) is 0 Å². The maximum absolute atomic E-state index is 12.4. The molecule has 8 heteroatoms. The van der Waals surface area contributed by atoms with Crippen LogP contribution in [0.2, 0.25) is 0 Å². The van der Waals surface area contributed by atoms with Gasteiger partial charge in [-0.3, -0.25) is 9.59 Å². The number of carbonyl (C=O) groups excluding carboxylic acids is 3. The molecule has 0 saturated carbocycles. The smallest absolute Gasteiger partial charge is 0.341 e. The standard InChI is InChI=1S/C21H24N2O5S/c1-13(24)22-14-7-6-8-15(11-14)28-12-18(25)23-20-19(21(26)27-2)16-9-4-3-5-10-17(16)29-20/h6-8,11H,3-5,9-10,12H2,1-2H3,(H,22,24)(H,23,25). The normalized spacial score (nSPS) is 13.0. The Balaban J connectivity index is 1.69. The predicted octanol–water partition coefficient (Wildman–Crippen LogP) is 3.78. The van der Waals surface area contributed by atoms with Gasteiger partial charge in [-0.25, -0.2) is 4.79 Å². The topological polar surface area (TPSA) is 93.7 Å². The van der Waals surface area contributed by atoms with Crippen LogP contribution in [0, 0.1) is 0 Å². The first-order valence-electron chi connectivity index (χ1n) is 9.51. The summed E-state index contributed by atoms with van der Waals surface area (Å²) in [6, 6.07) is 6.80. The van der Waals surface area contributed by atoms with Crippen molar-refractivity contribution in [1.29, 1.82) is 0 Å². The van der Waals surface area contributed by atoms with Gasteiger partial charge in [-0.15, -0.1) is 11.3 Å². The lowest BCUT2D eigenvalue weighted by Gasteiger charge is -2.10. The van der Waals surface area contributed by atoms with Crippen LogP contribution in [0.5, 0.6) is 5.75 Å². The van der Waals surface area contributed by atoms with Gasteiger partial charge in [-0.05, 0) is 43.4 Å². The summed E-state index contributed by atoms with van der Waals surface area (Å²) in [5.41, 5.74) is 2.05. The van der Waals surface area contributed by atoms with E-state index in [1.54, 1.807) is 24.3 Å². The molecule has 7 nitrogen and oxygen atoms in total. The number of fused-ring (bicyclic) bond motifs is 1. The van der Waals surface area contributed by atoms with E-state index in [0.29, 0.717) is 22.0 Å². The van der Waals surface area contributed by atoms with Crippen LogP contribution >= 0.6 is 11.3 Å². The number of nitrogens with one attached hydrogen (secondary N) is 2. The minimum absolute atomic E-state index is 0.187. The van der Waals surface area contributed by atoms with E-state index in [9.17, 15) is 14.4 Å². The molecule has 29 heavy (non-hydrogen) atoms. The van der Waals surface area contributed by atoms with Crippen LogP contribution in [-0.4, -0.2) is 31.5 Å². The highest BCUT2D eigenvalue weighted by molar-refractivity contribution is 7.17. The maximum Gasteiger partial charge on any atom is 0.341 e. The van der Waals surface area contributed by atoms with Crippen molar-refractivity contribution in [1.82, 2.24) is 0 Å². The number of carbonyl (C=O) groups is 3. The number of hydrogen-bond donors (Lipinski definition) is 2.